The van der Waals surface area contributed by atoms with E-state index in [1.807, 2.05) is 6.07 Å². The highest BCUT2D eigenvalue weighted by molar-refractivity contribution is 6.78. The first-order valence-corrected chi connectivity index (χ1v) is 6.47. The Bertz CT molecular complexity index is 495. The summed E-state index contributed by atoms with van der Waals surface area (Å²) >= 11 is 17.8. The van der Waals surface area contributed by atoms with Crippen LogP contribution in [0.15, 0.2) is 17.1 Å². The molecule has 1 aliphatic heterocycles. The fourth-order valence-electron chi connectivity index (χ4n) is 1.96. The zero-order chi connectivity index (χ0) is 13.3. The van der Waals surface area contributed by atoms with E-state index in [1.54, 1.807) is 20.3 Å². The van der Waals surface area contributed by atoms with E-state index in [0.717, 1.165) is 17.5 Å². The summed E-state index contributed by atoms with van der Waals surface area (Å²) < 4.78 is 8.98. The van der Waals surface area contributed by atoms with Gasteiger partial charge in [0.25, 0.3) is 0 Å². The average Bonchev–Trinajstić information content (AvgIpc) is 2.35. The topological polar surface area (TPSA) is 30.8 Å². The normalized spacial score (nSPS) is 14.8. The van der Waals surface area contributed by atoms with Gasteiger partial charge in [-0.2, -0.15) is 0 Å². The molecule has 0 unspecified atom stereocenters. The summed E-state index contributed by atoms with van der Waals surface area (Å²) in [5.74, 6) is 1.27. The summed E-state index contributed by atoms with van der Waals surface area (Å²) in [5, 5.41) is 0. The zero-order valence-electron chi connectivity index (χ0n) is 9.97. The van der Waals surface area contributed by atoms with Crippen LogP contribution in [0.1, 0.15) is 11.1 Å². The fourth-order valence-corrected chi connectivity index (χ4v) is 2.45. The summed E-state index contributed by atoms with van der Waals surface area (Å²) in [6.45, 7) is 0.603. The molecule has 0 saturated carbocycles. The van der Waals surface area contributed by atoms with E-state index in [4.69, 9.17) is 44.3 Å². The minimum Gasteiger partial charge on any atom is -0.493 e. The van der Waals surface area contributed by atoms with Crippen molar-refractivity contribution in [2.75, 3.05) is 20.8 Å². The summed E-state index contributed by atoms with van der Waals surface area (Å²) in [4.78, 5) is 4.30. The molecular weight excluding hydrogens is 296 g/mol. The third kappa shape index (κ3) is 2.53. The van der Waals surface area contributed by atoms with Crippen molar-refractivity contribution in [3.8, 4) is 11.5 Å². The van der Waals surface area contributed by atoms with Crippen LogP contribution in [0.2, 0.25) is 0 Å². The Morgan fingerprint density at radius 3 is 2.28 bits per heavy atom. The number of fused-ring (bicyclic) bond motifs is 1. The number of benzene rings is 1. The van der Waals surface area contributed by atoms with E-state index < -0.39 is 3.79 Å². The largest absolute Gasteiger partial charge is 0.493 e. The van der Waals surface area contributed by atoms with Crippen molar-refractivity contribution in [3.63, 3.8) is 0 Å². The minimum atomic E-state index is -1.53. The van der Waals surface area contributed by atoms with Crippen LogP contribution in [-0.2, 0) is 6.42 Å². The van der Waals surface area contributed by atoms with Crippen LogP contribution in [-0.4, -0.2) is 30.3 Å². The Balaban J connectivity index is 2.57. The maximum absolute atomic E-state index is 5.94. The molecule has 0 spiro atoms. The lowest BCUT2D eigenvalue weighted by molar-refractivity contribution is 0.354. The van der Waals surface area contributed by atoms with Crippen molar-refractivity contribution in [3.05, 3.63) is 23.3 Å². The molecule has 0 atom stereocenters. The molecule has 1 aliphatic rings. The van der Waals surface area contributed by atoms with Crippen LogP contribution in [0.4, 0.5) is 0 Å². The van der Waals surface area contributed by atoms with E-state index in [-0.39, 0.29) is 0 Å². The molecule has 0 fully saturated rings. The quantitative estimate of drug-likeness (QED) is 0.784. The summed E-state index contributed by atoms with van der Waals surface area (Å²) in [6, 6.07) is 3.70. The van der Waals surface area contributed by atoms with Gasteiger partial charge in [0.1, 0.15) is 0 Å². The maximum atomic E-state index is 5.94. The van der Waals surface area contributed by atoms with Gasteiger partial charge in [-0.15, -0.1) is 0 Å². The van der Waals surface area contributed by atoms with E-state index in [9.17, 15) is 0 Å². The van der Waals surface area contributed by atoms with Gasteiger partial charge in [0.2, 0.25) is 3.79 Å². The molecular formula is C12H12Cl3NO2. The van der Waals surface area contributed by atoms with Gasteiger partial charge >= 0.3 is 0 Å². The van der Waals surface area contributed by atoms with E-state index in [0.29, 0.717) is 23.8 Å². The number of ether oxygens (including phenoxy) is 2. The second-order valence-corrected chi connectivity index (χ2v) is 6.12. The number of hydrogen-bond donors (Lipinski definition) is 0. The van der Waals surface area contributed by atoms with E-state index >= 15 is 0 Å². The van der Waals surface area contributed by atoms with Crippen LogP contribution in [0.5, 0.6) is 11.5 Å². The van der Waals surface area contributed by atoms with Crippen molar-refractivity contribution >= 4 is 40.5 Å². The van der Waals surface area contributed by atoms with Gasteiger partial charge in [0.15, 0.2) is 11.5 Å². The van der Waals surface area contributed by atoms with Gasteiger partial charge < -0.3 is 9.47 Å². The second kappa shape index (κ2) is 5.16. The van der Waals surface area contributed by atoms with Gasteiger partial charge in [0.05, 0.1) is 19.9 Å². The second-order valence-electron chi connectivity index (χ2n) is 3.84. The molecule has 0 saturated heterocycles. The highest BCUT2D eigenvalue weighted by Gasteiger charge is 2.33. The van der Waals surface area contributed by atoms with Crippen molar-refractivity contribution in [2.45, 2.75) is 10.2 Å². The van der Waals surface area contributed by atoms with Gasteiger partial charge in [-0.3, -0.25) is 4.99 Å². The fraction of sp³-hybridized carbons (Fsp3) is 0.417. The third-order valence-electron chi connectivity index (χ3n) is 2.78. The molecule has 0 amide bonds. The Morgan fingerprint density at radius 1 is 1.11 bits per heavy atom. The van der Waals surface area contributed by atoms with Crippen LogP contribution in [0.3, 0.4) is 0 Å². The molecule has 1 aromatic rings. The molecule has 1 aromatic carbocycles. The van der Waals surface area contributed by atoms with Crippen molar-refractivity contribution in [2.24, 2.45) is 4.99 Å². The minimum absolute atomic E-state index is 0.453. The van der Waals surface area contributed by atoms with E-state index in [2.05, 4.69) is 4.99 Å². The van der Waals surface area contributed by atoms with Gasteiger partial charge in [-0.1, -0.05) is 34.8 Å². The van der Waals surface area contributed by atoms with Crippen molar-refractivity contribution in [1.82, 2.24) is 0 Å². The average molecular weight is 309 g/mol. The van der Waals surface area contributed by atoms with Gasteiger partial charge in [-0.05, 0) is 24.1 Å². The number of rotatable bonds is 2. The van der Waals surface area contributed by atoms with Gasteiger partial charge in [0, 0.05) is 12.1 Å². The zero-order valence-corrected chi connectivity index (χ0v) is 12.2. The van der Waals surface area contributed by atoms with Crippen LogP contribution < -0.4 is 9.47 Å². The lowest BCUT2D eigenvalue weighted by Crippen LogP contribution is -2.25. The molecule has 0 radical (unpaired) electrons. The highest BCUT2D eigenvalue weighted by Crippen LogP contribution is 2.38. The van der Waals surface area contributed by atoms with Crippen molar-refractivity contribution in [1.29, 1.82) is 0 Å². The Hall–Kier alpha value is -0.640. The first kappa shape index (κ1) is 13.8. The molecule has 0 bridgehead atoms. The number of methoxy groups -OCH3 is 2. The number of nitrogens with zero attached hydrogens (tertiary/aromatic N) is 1. The lowest BCUT2D eigenvalue weighted by atomic mass is 9.97. The van der Waals surface area contributed by atoms with Gasteiger partial charge in [-0.25, -0.2) is 0 Å². The standard InChI is InChI=1S/C12H12Cl3NO2/c1-17-9-5-7-3-4-16-11(12(13,14)15)8(7)6-10(9)18-2/h5-6H,3-4H2,1-2H3. The summed E-state index contributed by atoms with van der Waals surface area (Å²) in [7, 11) is 3.16. The smallest absolute Gasteiger partial charge is 0.232 e. The Kier molecular flexibility index (Phi) is 3.95. The molecule has 18 heavy (non-hydrogen) atoms. The molecule has 1 heterocycles. The number of halogens is 3. The molecule has 6 heteroatoms. The monoisotopic (exact) mass is 307 g/mol. The first-order valence-electron chi connectivity index (χ1n) is 5.34. The van der Waals surface area contributed by atoms with Crippen LogP contribution in [0.25, 0.3) is 0 Å². The lowest BCUT2D eigenvalue weighted by Gasteiger charge is -2.23. The van der Waals surface area contributed by atoms with E-state index in [1.165, 1.54) is 0 Å². The first-order chi connectivity index (χ1) is 8.47. The summed E-state index contributed by atoms with van der Waals surface area (Å²) in [6.07, 6.45) is 0.792. The SMILES string of the molecule is COc1cc2c(cc1OC)C(C(Cl)(Cl)Cl)=NCC2. The highest BCUT2D eigenvalue weighted by atomic mass is 35.6. The Labute approximate surface area is 121 Å². The maximum Gasteiger partial charge on any atom is 0.232 e. The molecule has 98 valence electrons. The predicted molar refractivity (Wildman–Crippen MR) is 74.9 cm³/mol. The van der Waals surface area contributed by atoms with Crippen LogP contribution >= 0.6 is 34.8 Å². The summed E-state index contributed by atoms with van der Waals surface area (Å²) in [5.41, 5.74) is 2.30. The predicted octanol–water partition coefficient (Wildman–Crippen LogP) is 3.42. The molecule has 0 aromatic heterocycles. The third-order valence-corrected chi connectivity index (χ3v) is 3.32. The van der Waals surface area contributed by atoms with Crippen LogP contribution in [0, 0.1) is 0 Å². The number of alkyl halides is 3. The number of aliphatic imine (C=N–C) groups is 1. The molecule has 0 N–H and O–H groups in total. The molecule has 3 nitrogen and oxygen atoms in total. The molecule has 0 aliphatic carbocycles. The van der Waals surface area contributed by atoms with Crippen molar-refractivity contribution < 1.29 is 9.47 Å². The molecule has 2 rings (SSSR count). The number of hydrogen-bond acceptors (Lipinski definition) is 3. The Morgan fingerprint density at radius 2 is 1.72 bits per heavy atom.